The first kappa shape index (κ1) is 16.4. The maximum Gasteiger partial charge on any atom is 0.254 e. The van der Waals surface area contributed by atoms with E-state index in [1.165, 1.54) is 6.20 Å². The fourth-order valence-electron chi connectivity index (χ4n) is 2.41. The van der Waals surface area contributed by atoms with Gasteiger partial charge in [0.2, 0.25) is 5.95 Å². The molecule has 1 unspecified atom stereocenters. The summed E-state index contributed by atoms with van der Waals surface area (Å²) in [6.45, 7) is 1.99. The number of carbonyl (C=O) groups is 1. The molecule has 126 valence electrons. The second-order valence-electron chi connectivity index (χ2n) is 5.59. The van der Waals surface area contributed by atoms with Crippen LogP contribution in [0.4, 0.5) is 17.5 Å². The number of primary amides is 1. The van der Waals surface area contributed by atoms with E-state index in [1.54, 1.807) is 0 Å². The number of para-hydroxylation sites is 1. The normalized spacial score (nSPS) is 11.6. The molecule has 0 radical (unpaired) electrons. The van der Waals surface area contributed by atoms with Crippen molar-refractivity contribution in [3.05, 3.63) is 78.0 Å². The molecule has 0 saturated heterocycles. The minimum atomic E-state index is -0.575. The second kappa shape index (κ2) is 7.44. The molecule has 0 fully saturated rings. The van der Waals surface area contributed by atoms with Crippen molar-refractivity contribution in [2.75, 3.05) is 10.6 Å². The first-order valence-electron chi connectivity index (χ1n) is 7.94. The molecular formula is C19H19N5O. The Morgan fingerprint density at radius 2 is 1.68 bits per heavy atom. The standard InChI is InChI=1S/C19H19N5O/c1-13(14-8-4-2-5-9-14)22-18-16(17(20)25)12-21-19(24-18)23-15-10-6-3-7-11-15/h2-13H,1H3,(H2,20,25)(H2,21,22,23,24). The van der Waals surface area contributed by atoms with E-state index >= 15 is 0 Å². The largest absolute Gasteiger partial charge is 0.365 e. The third-order valence-corrected chi connectivity index (χ3v) is 3.74. The van der Waals surface area contributed by atoms with Gasteiger partial charge in [-0.05, 0) is 24.6 Å². The van der Waals surface area contributed by atoms with Gasteiger partial charge in [-0.1, -0.05) is 48.5 Å². The van der Waals surface area contributed by atoms with Crippen LogP contribution in [-0.2, 0) is 0 Å². The lowest BCUT2D eigenvalue weighted by atomic mass is 10.1. The van der Waals surface area contributed by atoms with Crippen molar-refractivity contribution in [1.29, 1.82) is 0 Å². The van der Waals surface area contributed by atoms with Gasteiger partial charge in [0.25, 0.3) is 5.91 Å². The molecule has 6 heteroatoms. The first-order chi connectivity index (χ1) is 12.1. The molecule has 0 spiro atoms. The third kappa shape index (κ3) is 4.11. The lowest BCUT2D eigenvalue weighted by Gasteiger charge is -2.17. The number of nitrogens with two attached hydrogens (primary N) is 1. The van der Waals surface area contributed by atoms with E-state index in [9.17, 15) is 4.79 Å². The Bertz CT molecular complexity index is 852. The van der Waals surface area contributed by atoms with Gasteiger partial charge in [-0.25, -0.2) is 4.98 Å². The zero-order valence-electron chi connectivity index (χ0n) is 13.8. The van der Waals surface area contributed by atoms with Crippen LogP contribution >= 0.6 is 0 Å². The predicted molar refractivity (Wildman–Crippen MR) is 98.8 cm³/mol. The number of rotatable bonds is 6. The highest BCUT2D eigenvalue weighted by Gasteiger charge is 2.15. The van der Waals surface area contributed by atoms with Crippen LogP contribution in [0.5, 0.6) is 0 Å². The van der Waals surface area contributed by atoms with E-state index in [4.69, 9.17) is 5.73 Å². The fraction of sp³-hybridized carbons (Fsp3) is 0.105. The topological polar surface area (TPSA) is 92.9 Å². The molecule has 1 heterocycles. The third-order valence-electron chi connectivity index (χ3n) is 3.74. The Balaban J connectivity index is 1.87. The Labute approximate surface area is 146 Å². The Hall–Kier alpha value is -3.41. The van der Waals surface area contributed by atoms with Crippen LogP contribution in [0.25, 0.3) is 0 Å². The summed E-state index contributed by atoms with van der Waals surface area (Å²) in [5.41, 5.74) is 7.64. The summed E-state index contributed by atoms with van der Waals surface area (Å²) in [6, 6.07) is 19.4. The van der Waals surface area contributed by atoms with E-state index in [1.807, 2.05) is 67.6 Å². The lowest BCUT2D eigenvalue weighted by Crippen LogP contribution is -2.18. The van der Waals surface area contributed by atoms with Crippen LogP contribution in [0, 0.1) is 0 Å². The SMILES string of the molecule is CC(Nc1nc(Nc2ccccc2)ncc1C(N)=O)c1ccccc1. The van der Waals surface area contributed by atoms with Gasteiger partial charge in [-0.3, -0.25) is 4.79 Å². The van der Waals surface area contributed by atoms with E-state index in [-0.39, 0.29) is 11.6 Å². The summed E-state index contributed by atoms with van der Waals surface area (Å²) in [4.78, 5) is 20.3. The van der Waals surface area contributed by atoms with Crippen LogP contribution in [0.2, 0.25) is 0 Å². The van der Waals surface area contributed by atoms with Crippen LogP contribution in [0.3, 0.4) is 0 Å². The van der Waals surface area contributed by atoms with Crippen molar-refractivity contribution in [3.8, 4) is 0 Å². The van der Waals surface area contributed by atoms with Crippen LogP contribution in [-0.4, -0.2) is 15.9 Å². The highest BCUT2D eigenvalue weighted by Crippen LogP contribution is 2.22. The van der Waals surface area contributed by atoms with Crippen molar-refractivity contribution in [2.45, 2.75) is 13.0 Å². The van der Waals surface area contributed by atoms with Gasteiger partial charge in [0.05, 0.1) is 5.56 Å². The number of carbonyl (C=O) groups excluding carboxylic acids is 1. The summed E-state index contributed by atoms with van der Waals surface area (Å²) in [6.07, 6.45) is 1.43. The number of hydrogen-bond donors (Lipinski definition) is 3. The smallest absolute Gasteiger partial charge is 0.254 e. The number of nitrogens with one attached hydrogen (secondary N) is 2. The van der Waals surface area contributed by atoms with Crippen LogP contribution < -0.4 is 16.4 Å². The minimum Gasteiger partial charge on any atom is -0.365 e. The molecule has 0 saturated carbocycles. The van der Waals surface area contributed by atoms with E-state index in [0.717, 1.165) is 11.3 Å². The average molecular weight is 333 g/mol. The number of aromatic nitrogens is 2. The second-order valence-corrected chi connectivity index (χ2v) is 5.59. The van der Waals surface area contributed by atoms with Crippen molar-refractivity contribution in [1.82, 2.24) is 9.97 Å². The summed E-state index contributed by atoms with van der Waals surface area (Å²) >= 11 is 0. The first-order valence-corrected chi connectivity index (χ1v) is 7.94. The molecule has 3 aromatic rings. The molecule has 3 rings (SSSR count). The van der Waals surface area contributed by atoms with Gasteiger partial charge < -0.3 is 16.4 Å². The number of anilines is 3. The number of hydrogen-bond acceptors (Lipinski definition) is 5. The molecule has 2 aromatic carbocycles. The van der Waals surface area contributed by atoms with Crippen molar-refractivity contribution < 1.29 is 4.79 Å². The molecule has 0 aliphatic rings. The van der Waals surface area contributed by atoms with Gasteiger partial charge in [0.1, 0.15) is 5.82 Å². The molecule has 1 atom stereocenters. The van der Waals surface area contributed by atoms with Gasteiger partial charge >= 0.3 is 0 Å². The Kier molecular flexibility index (Phi) is 4.89. The Morgan fingerprint density at radius 1 is 1.04 bits per heavy atom. The molecule has 1 aromatic heterocycles. The van der Waals surface area contributed by atoms with Crippen LogP contribution in [0.15, 0.2) is 66.9 Å². The number of amides is 1. The number of benzene rings is 2. The quantitative estimate of drug-likeness (QED) is 0.642. The molecule has 4 N–H and O–H groups in total. The van der Waals surface area contributed by atoms with Gasteiger partial charge in [0, 0.05) is 17.9 Å². The summed E-state index contributed by atoms with van der Waals surface area (Å²) in [5.74, 6) is 0.213. The molecular weight excluding hydrogens is 314 g/mol. The fourth-order valence-corrected chi connectivity index (χ4v) is 2.41. The summed E-state index contributed by atoms with van der Waals surface area (Å²) in [5, 5.41) is 6.35. The molecule has 1 amide bonds. The maximum atomic E-state index is 11.7. The van der Waals surface area contributed by atoms with Crippen molar-refractivity contribution in [3.63, 3.8) is 0 Å². The average Bonchev–Trinajstić information content (AvgIpc) is 2.63. The van der Waals surface area contributed by atoms with Gasteiger partial charge in [0.15, 0.2) is 0 Å². The maximum absolute atomic E-state index is 11.7. The van der Waals surface area contributed by atoms with E-state index in [0.29, 0.717) is 11.8 Å². The van der Waals surface area contributed by atoms with Gasteiger partial charge in [-0.15, -0.1) is 0 Å². The molecule has 0 aliphatic heterocycles. The van der Waals surface area contributed by atoms with E-state index < -0.39 is 5.91 Å². The zero-order valence-corrected chi connectivity index (χ0v) is 13.8. The van der Waals surface area contributed by atoms with E-state index in [2.05, 4.69) is 20.6 Å². The van der Waals surface area contributed by atoms with Crippen molar-refractivity contribution >= 4 is 23.4 Å². The molecule has 0 aliphatic carbocycles. The minimum absolute atomic E-state index is 0.0428. The van der Waals surface area contributed by atoms with Crippen LogP contribution in [0.1, 0.15) is 28.9 Å². The lowest BCUT2D eigenvalue weighted by molar-refractivity contribution is 0.100. The molecule has 0 bridgehead atoms. The monoisotopic (exact) mass is 333 g/mol. The highest BCUT2D eigenvalue weighted by molar-refractivity contribution is 5.97. The van der Waals surface area contributed by atoms with Gasteiger partial charge in [-0.2, -0.15) is 4.98 Å². The summed E-state index contributed by atoms with van der Waals surface area (Å²) in [7, 11) is 0. The zero-order chi connectivity index (χ0) is 17.6. The molecule has 25 heavy (non-hydrogen) atoms. The summed E-state index contributed by atoms with van der Waals surface area (Å²) < 4.78 is 0. The Morgan fingerprint density at radius 3 is 2.32 bits per heavy atom. The predicted octanol–water partition coefficient (Wildman–Crippen LogP) is 3.49. The molecule has 6 nitrogen and oxygen atoms in total. The highest BCUT2D eigenvalue weighted by atomic mass is 16.1. The van der Waals surface area contributed by atoms with Crippen molar-refractivity contribution in [2.24, 2.45) is 5.73 Å². The number of nitrogens with zero attached hydrogens (tertiary/aromatic N) is 2.